The van der Waals surface area contributed by atoms with E-state index in [0.717, 1.165) is 24.5 Å². The molecule has 0 aromatic carbocycles. The quantitative estimate of drug-likeness (QED) is 0.929. The number of hydrogen-bond donors (Lipinski definition) is 1. The summed E-state index contributed by atoms with van der Waals surface area (Å²) in [6.45, 7) is 4.04. The van der Waals surface area contributed by atoms with E-state index in [4.69, 9.17) is 5.73 Å². The number of nitrogen functional groups attached to an aromatic ring is 1. The second-order valence-electron chi connectivity index (χ2n) is 3.46. The van der Waals surface area contributed by atoms with Crippen LogP contribution in [0, 0.1) is 0 Å². The van der Waals surface area contributed by atoms with Gasteiger partial charge in [-0.1, -0.05) is 13.8 Å². The zero-order chi connectivity index (χ0) is 12.4. The van der Waals surface area contributed by atoms with E-state index in [-0.39, 0.29) is 0 Å². The Morgan fingerprint density at radius 2 is 2.06 bits per heavy atom. The van der Waals surface area contributed by atoms with Gasteiger partial charge in [-0.3, -0.25) is 0 Å². The highest BCUT2D eigenvalue weighted by Gasteiger charge is 2.14. The molecule has 0 bridgehead atoms. The molecule has 0 aliphatic rings. The molecule has 7 heteroatoms. The number of halogens is 1. The van der Waals surface area contributed by atoms with Gasteiger partial charge in [0.25, 0.3) is 0 Å². The summed E-state index contributed by atoms with van der Waals surface area (Å²) in [6, 6.07) is 0. The van der Waals surface area contributed by atoms with E-state index in [0.29, 0.717) is 16.1 Å². The van der Waals surface area contributed by atoms with Crippen LogP contribution in [0.1, 0.15) is 25.5 Å². The Balaban J connectivity index is 2.59. The fourth-order valence-electron chi connectivity index (χ4n) is 1.46. The van der Waals surface area contributed by atoms with Crippen LogP contribution in [0.2, 0.25) is 0 Å². The molecule has 0 aliphatic heterocycles. The Hall–Kier alpha value is -1.50. The second kappa shape index (κ2) is 4.79. The summed E-state index contributed by atoms with van der Waals surface area (Å²) in [7, 11) is 0. The van der Waals surface area contributed by atoms with E-state index in [9.17, 15) is 0 Å². The van der Waals surface area contributed by atoms with Gasteiger partial charge in [-0.2, -0.15) is 4.68 Å². The molecule has 2 rings (SSSR count). The predicted molar refractivity (Wildman–Crippen MR) is 67.8 cm³/mol. The van der Waals surface area contributed by atoms with E-state index in [1.165, 1.54) is 6.33 Å². The van der Waals surface area contributed by atoms with Crippen molar-refractivity contribution in [2.45, 2.75) is 26.7 Å². The number of aryl methyl sites for hydroxylation is 2. The van der Waals surface area contributed by atoms with Crippen molar-refractivity contribution in [3.8, 4) is 5.82 Å². The van der Waals surface area contributed by atoms with Crippen LogP contribution in [0.4, 0.5) is 5.82 Å². The Kier molecular flexibility index (Phi) is 3.37. The van der Waals surface area contributed by atoms with Crippen LogP contribution in [0.15, 0.2) is 10.8 Å². The Bertz CT molecular complexity index is 536. The molecule has 2 heterocycles. The molecule has 0 unspecified atom stereocenters. The maximum atomic E-state index is 5.73. The number of nitrogens with two attached hydrogens (primary N) is 1. The monoisotopic (exact) mass is 296 g/mol. The molecule has 17 heavy (non-hydrogen) atoms. The van der Waals surface area contributed by atoms with Gasteiger partial charge < -0.3 is 5.73 Å². The zero-order valence-electron chi connectivity index (χ0n) is 9.68. The third-order valence-electron chi connectivity index (χ3n) is 2.35. The van der Waals surface area contributed by atoms with Crippen molar-refractivity contribution in [1.82, 2.24) is 24.7 Å². The SMILES string of the molecule is CCc1nc(CC)n(-c2ncnc(N)c2Br)n1. The zero-order valence-corrected chi connectivity index (χ0v) is 11.3. The van der Waals surface area contributed by atoms with E-state index in [1.807, 2.05) is 13.8 Å². The molecule has 2 aromatic heterocycles. The van der Waals surface area contributed by atoms with Crippen LogP contribution in [-0.4, -0.2) is 24.7 Å². The Labute approximate surface area is 107 Å². The lowest BCUT2D eigenvalue weighted by molar-refractivity contribution is 0.762. The minimum Gasteiger partial charge on any atom is -0.383 e. The summed E-state index contributed by atoms with van der Waals surface area (Å²) in [5, 5.41) is 4.40. The average Bonchev–Trinajstić information content (AvgIpc) is 2.76. The van der Waals surface area contributed by atoms with E-state index in [2.05, 4.69) is 36.0 Å². The highest BCUT2D eigenvalue weighted by atomic mass is 79.9. The van der Waals surface area contributed by atoms with Gasteiger partial charge in [0, 0.05) is 12.8 Å². The van der Waals surface area contributed by atoms with Gasteiger partial charge in [0.1, 0.15) is 22.4 Å². The number of aromatic nitrogens is 5. The van der Waals surface area contributed by atoms with Gasteiger partial charge >= 0.3 is 0 Å². The minimum atomic E-state index is 0.394. The van der Waals surface area contributed by atoms with Crippen LogP contribution < -0.4 is 5.73 Å². The van der Waals surface area contributed by atoms with Crippen LogP contribution >= 0.6 is 15.9 Å². The molecule has 90 valence electrons. The first-order valence-corrected chi connectivity index (χ1v) is 6.17. The first-order chi connectivity index (χ1) is 8.17. The molecule has 0 aliphatic carbocycles. The van der Waals surface area contributed by atoms with Crippen molar-refractivity contribution in [2.75, 3.05) is 5.73 Å². The van der Waals surface area contributed by atoms with Gasteiger partial charge in [0.05, 0.1) is 0 Å². The lowest BCUT2D eigenvalue weighted by Gasteiger charge is -2.06. The molecule has 0 radical (unpaired) electrons. The normalized spacial score (nSPS) is 10.8. The molecule has 0 saturated carbocycles. The Morgan fingerprint density at radius 3 is 2.71 bits per heavy atom. The third-order valence-corrected chi connectivity index (χ3v) is 3.11. The maximum absolute atomic E-state index is 5.73. The van der Waals surface area contributed by atoms with Crippen molar-refractivity contribution in [3.63, 3.8) is 0 Å². The summed E-state index contributed by atoms with van der Waals surface area (Å²) >= 11 is 3.37. The molecule has 6 nitrogen and oxygen atoms in total. The van der Waals surface area contributed by atoms with Gasteiger partial charge in [-0.25, -0.2) is 15.0 Å². The highest BCUT2D eigenvalue weighted by Crippen LogP contribution is 2.23. The molecule has 2 N–H and O–H groups in total. The first-order valence-electron chi connectivity index (χ1n) is 5.38. The number of nitrogens with zero attached hydrogens (tertiary/aromatic N) is 5. The average molecular weight is 297 g/mol. The smallest absolute Gasteiger partial charge is 0.175 e. The third kappa shape index (κ3) is 2.14. The fraction of sp³-hybridized carbons (Fsp3) is 0.400. The summed E-state index contributed by atoms with van der Waals surface area (Å²) in [5.41, 5.74) is 5.73. The molecule has 0 atom stereocenters. The minimum absolute atomic E-state index is 0.394. The second-order valence-corrected chi connectivity index (χ2v) is 4.25. The van der Waals surface area contributed by atoms with Gasteiger partial charge in [-0.05, 0) is 15.9 Å². The van der Waals surface area contributed by atoms with Crippen molar-refractivity contribution in [2.24, 2.45) is 0 Å². The van der Waals surface area contributed by atoms with Crippen molar-refractivity contribution in [3.05, 3.63) is 22.4 Å². The van der Waals surface area contributed by atoms with Crippen LogP contribution in [0.5, 0.6) is 0 Å². The molecule has 0 spiro atoms. The van der Waals surface area contributed by atoms with E-state index in [1.54, 1.807) is 4.68 Å². The first kappa shape index (κ1) is 12.0. The number of anilines is 1. The van der Waals surface area contributed by atoms with Crippen molar-refractivity contribution in [1.29, 1.82) is 0 Å². The maximum Gasteiger partial charge on any atom is 0.175 e. The van der Waals surface area contributed by atoms with Crippen molar-refractivity contribution < 1.29 is 0 Å². The topological polar surface area (TPSA) is 82.5 Å². The molecular formula is C10H13BrN6. The standard InChI is InChI=1S/C10H13BrN6/c1-3-6-15-7(4-2)17(16-6)10-8(11)9(12)13-5-14-10/h5H,3-4H2,1-2H3,(H2,12,13,14). The summed E-state index contributed by atoms with van der Waals surface area (Å²) < 4.78 is 2.35. The largest absolute Gasteiger partial charge is 0.383 e. The molecule has 0 fully saturated rings. The molecule has 0 amide bonds. The molecule has 2 aromatic rings. The van der Waals surface area contributed by atoms with Gasteiger partial charge in [-0.15, -0.1) is 5.10 Å². The van der Waals surface area contributed by atoms with Crippen LogP contribution in [0.25, 0.3) is 5.82 Å². The summed E-state index contributed by atoms with van der Waals surface area (Å²) in [4.78, 5) is 12.5. The van der Waals surface area contributed by atoms with E-state index < -0.39 is 0 Å². The van der Waals surface area contributed by atoms with Crippen LogP contribution in [0.3, 0.4) is 0 Å². The van der Waals surface area contributed by atoms with Gasteiger partial charge in [0.2, 0.25) is 0 Å². The van der Waals surface area contributed by atoms with E-state index >= 15 is 0 Å². The fourth-order valence-corrected chi connectivity index (χ4v) is 1.83. The Morgan fingerprint density at radius 1 is 1.29 bits per heavy atom. The van der Waals surface area contributed by atoms with Crippen molar-refractivity contribution >= 4 is 21.7 Å². The predicted octanol–water partition coefficient (Wildman–Crippen LogP) is 1.53. The van der Waals surface area contributed by atoms with Crippen LogP contribution in [-0.2, 0) is 12.8 Å². The highest BCUT2D eigenvalue weighted by molar-refractivity contribution is 9.10. The number of rotatable bonds is 3. The molecular weight excluding hydrogens is 284 g/mol. The lowest BCUT2D eigenvalue weighted by Crippen LogP contribution is -2.07. The summed E-state index contributed by atoms with van der Waals surface area (Å²) in [5.74, 6) is 2.68. The molecule has 0 saturated heterocycles. The number of hydrogen-bond acceptors (Lipinski definition) is 5. The van der Waals surface area contributed by atoms with Gasteiger partial charge in [0.15, 0.2) is 11.6 Å². The summed E-state index contributed by atoms with van der Waals surface area (Å²) in [6.07, 6.45) is 2.99. The lowest BCUT2D eigenvalue weighted by atomic mass is 10.4.